The first kappa shape index (κ1) is 17.3. The molecule has 0 bridgehead atoms. The van der Waals surface area contributed by atoms with Crippen molar-refractivity contribution in [3.8, 4) is 0 Å². The van der Waals surface area contributed by atoms with Gasteiger partial charge in [0, 0.05) is 18.4 Å². The summed E-state index contributed by atoms with van der Waals surface area (Å²) >= 11 is 0. The third-order valence-electron chi connectivity index (χ3n) is 4.83. The Morgan fingerprint density at radius 1 is 1.24 bits per heavy atom. The molecule has 0 spiro atoms. The van der Waals surface area contributed by atoms with Gasteiger partial charge in [0.2, 0.25) is 5.88 Å². The molecule has 0 unspecified atom stereocenters. The summed E-state index contributed by atoms with van der Waals surface area (Å²) in [4.78, 5) is 24.9. The minimum atomic E-state index is -0.569. The highest BCUT2D eigenvalue weighted by Crippen LogP contribution is 2.44. The van der Waals surface area contributed by atoms with E-state index in [0.717, 1.165) is 12.0 Å². The van der Waals surface area contributed by atoms with Crippen molar-refractivity contribution in [3.05, 3.63) is 58.2 Å². The van der Waals surface area contributed by atoms with E-state index < -0.39 is 11.9 Å². The second-order valence-corrected chi connectivity index (χ2v) is 6.74. The van der Waals surface area contributed by atoms with Crippen LogP contribution in [-0.2, 0) is 19.1 Å². The fourth-order valence-corrected chi connectivity index (χ4v) is 3.47. The molecule has 1 heterocycles. The second kappa shape index (κ2) is 6.75. The molecule has 132 valence electrons. The third kappa shape index (κ3) is 3.06. The lowest BCUT2D eigenvalue weighted by molar-refractivity contribution is -0.136. The van der Waals surface area contributed by atoms with Crippen LogP contribution in [-0.4, -0.2) is 18.9 Å². The van der Waals surface area contributed by atoms with Crippen molar-refractivity contribution in [2.24, 2.45) is 5.73 Å². The number of nitrogens with two attached hydrogens (primary N) is 1. The normalized spacial score (nSPS) is 20.5. The molecule has 1 aromatic carbocycles. The van der Waals surface area contributed by atoms with E-state index in [1.54, 1.807) is 0 Å². The molecule has 0 saturated carbocycles. The van der Waals surface area contributed by atoms with Crippen molar-refractivity contribution >= 4 is 11.8 Å². The lowest BCUT2D eigenvalue weighted by atomic mass is 9.77. The molecule has 0 radical (unpaired) electrons. The summed E-state index contributed by atoms with van der Waals surface area (Å²) in [5.74, 6) is -0.0910. The predicted molar refractivity (Wildman–Crippen MR) is 93.5 cm³/mol. The van der Waals surface area contributed by atoms with Crippen LogP contribution in [0, 0.1) is 0 Å². The average molecular weight is 341 g/mol. The summed E-state index contributed by atoms with van der Waals surface area (Å²) in [5.41, 5.74) is 8.80. The zero-order valence-corrected chi connectivity index (χ0v) is 14.8. The van der Waals surface area contributed by atoms with Gasteiger partial charge in [0.1, 0.15) is 11.3 Å². The van der Waals surface area contributed by atoms with E-state index in [2.05, 4.69) is 13.8 Å². The number of methoxy groups -OCH3 is 1. The Morgan fingerprint density at radius 2 is 1.92 bits per heavy atom. The van der Waals surface area contributed by atoms with Crippen LogP contribution >= 0.6 is 0 Å². The standard InChI is InChI=1S/C20H23NO4/c1-11(2)12-7-9-13(10-8-12)16-17-14(22)5-4-6-15(17)25-19(21)18(16)20(23)24-3/h7-11,16H,4-6,21H2,1-3H3/t16-/m1/s1. The van der Waals surface area contributed by atoms with Crippen LogP contribution in [0.25, 0.3) is 0 Å². The molecular formula is C20H23NO4. The number of ether oxygens (including phenoxy) is 2. The SMILES string of the molecule is COC(=O)C1=C(N)OC2=C(C(=O)CCC2)[C@H]1c1ccc(C(C)C)cc1. The zero-order valence-electron chi connectivity index (χ0n) is 14.8. The lowest BCUT2D eigenvalue weighted by Crippen LogP contribution is -2.31. The summed E-state index contributed by atoms with van der Waals surface area (Å²) in [7, 11) is 1.30. The summed E-state index contributed by atoms with van der Waals surface area (Å²) < 4.78 is 10.5. The fraction of sp³-hybridized carbons (Fsp3) is 0.400. The first-order valence-electron chi connectivity index (χ1n) is 8.56. The smallest absolute Gasteiger partial charge is 0.340 e. The van der Waals surface area contributed by atoms with Crippen molar-refractivity contribution in [1.82, 2.24) is 0 Å². The van der Waals surface area contributed by atoms with E-state index in [1.165, 1.54) is 12.7 Å². The Morgan fingerprint density at radius 3 is 2.52 bits per heavy atom. The van der Waals surface area contributed by atoms with Crippen molar-refractivity contribution in [1.29, 1.82) is 0 Å². The predicted octanol–water partition coefficient (Wildman–Crippen LogP) is 3.27. The van der Waals surface area contributed by atoms with Gasteiger partial charge in [0.15, 0.2) is 5.78 Å². The lowest BCUT2D eigenvalue weighted by Gasteiger charge is -2.32. The van der Waals surface area contributed by atoms with Crippen LogP contribution in [0.5, 0.6) is 0 Å². The fourth-order valence-electron chi connectivity index (χ4n) is 3.47. The minimum Gasteiger partial charge on any atom is -0.465 e. The second-order valence-electron chi connectivity index (χ2n) is 6.74. The van der Waals surface area contributed by atoms with E-state index in [1.807, 2.05) is 24.3 Å². The van der Waals surface area contributed by atoms with Gasteiger partial charge in [0.05, 0.1) is 13.0 Å². The summed E-state index contributed by atoms with van der Waals surface area (Å²) in [5, 5.41) is 0. The molecule has 0 amide bonds. The molecule has 25 heavy (non-hydrogen) atoms. The maximum Gasteiger partial charge on any atom is 0.340 e. The van der Waals surface area contributed by atoms with E-state index in [4.69, 9.17) is 15.2 Å². The average Bonchev–Trinajstić information content (AvgIpc) is 2.60. The highest BCUT2D eigenvalue weighted by molar-refractivity contribution is 6.03. The van der Waals surface area contributed by atoms with Crippen LogP contribution < -0.4 is 5.73 Å². The van der Waals surface area contributed by atoms with E-state index in [0.29, 0.717) is 30.1 Å². The van der Waals surface area contributed by atoms with Crippen LogP contribution in [0.3, 0.4) is 0 Å². The van der Waals surface area contributed by atoms with E-state index in [9.17, 15) is 9.59 Å². The Kier molecular flexibility index (Phi) is 4.66. The number of rotatable bonds is 3. The molecule has 1 aliphatic heterocycles. The van der Waals surface area contributed by atoms with E-state index in [-0.39, 0.29) is 17.2 Å². The number of benzene rings is 1. The van der Waals surface area contributed by atoms with Gasteiger partial charge in [-0.2, -0.15) is 0 Å². The van der Waals surface area contributed by atoms with Gasteiger partial charge in [-0.1, -0.05) is 38.1 Å². The molecular weight excluding hydrogens is 318 g/mol. The number of hydrogen-bond acceptors (Lipinski definition) is 5. The highest BCUT2D eigenvalue weighted by atomic mass is 16.5. The van der Waals surface area contributed by atoms with Crippen molar-refractivity contribution in [2.45, 2.75) is 44.9 Å². The topological polar surface area (TPSA) is 78.6 Å². The van der Waals surface area contributed by atoms with Crippen LogP contribution in [0.15, 0.2) is 47.1 Å². The first-order valence-corrected chi connectivity index (χ1v) is 8.56. The summed E-state index contributed by atoms with van der Waals surface area (Å²) in [6.45, 7) is 4.24. The molecule has 0 saturated heterocycles. The maximum absolute atomic E-state index is 12.6. The van der Waals surface area contributed by atoms with Crippen molar-refractivity contribution in [3.63, 3.8) is 0 Å². The van der Waals surface area contributed by atoms with Gasteiger partial charge in [-0.15, -0.1) is 0 Å². The molecule has 2 aliphatic rings. The Bertz CT molecular complexity index is 771. The minimum absolute atomic E-state index is 0.00749. The number of Topliss-reactive ketones (excluding diaryl/α,β-unsaturated/α-hetero) is 1. The van der Waals surface area contributed by atoms with Gasteiger partial charge in [-0.25, -0.2) is 4.79 Å². The third-order valence-corrected chi connectivity index (χ3v) is 4.83. The first-order chi connectivity index (χ1) is 11.9. The molecule has 1 atom stereocenters. The molecule has 0 aromatic heterocycles. The Hall–Kier alpha value is -2.56. The van der Waals surface area contributed by atoms with Gasteiger partial charge >= 0.3 is 5.97 Å². The highest BCUT2D eigenvalue weighted by Gasteiger charge is 2.40. The van der Waals surface area contributed by atoms with Gasteiger partial charge < -0.3 is 15.2 Å². The molecule has 1 aliphatic carbocycles. The molecule has 5 nitrogen and oxygen atoms in total. The van der Waals surface area contributed by atoms with Crippen molar-refractivity contribution < 1.29 is 19.1 Å². The monoisotopic (exact) mass is 341 g/mol. The number of carbonyl (C=O) groups excluding carboxylic acids is 2. The molecule has 1 aromatic rings. The molecule has 2 N–H and O–H groups in total. The number of ketones is 1. The maximum atomic E-state index is 12.6. The van der Waals surface area contributed by atoms with Gasteiger partial charge in [-0.05, 0) is 23.5 Å². The van der Waals surface area contributed by atoms with Crippen LogP contribution in [0.2, 0.25) is 0 Å². The number of allylic oxidation sites excluding steroid dienone is 2. The molecule has 0 fully saturated rings. The summed E-state index contributed by atoms with van der Waals surface area (Å²) in [6, 6.07) is 7.95. The summed E-state index contributed by atoms with van der Waals surface area (Å²) in [6.07, 6.45) is 1.84. The van der Waals surface area contributed by atoms with Crippen LogP contribution in [0.1, 0.15) is 56.1 Å². The number of esters is 1. The van der Waals surface area contributed by atoms with Gasteiger partial charge in [-0.3, -0.25) is 4.79 Å². The van der Waals surface area contributed by atoms with Crippen molar-refractivity contribution in [2.75, 3.05) is 7.11 Å². The number of hydrogen-bond donors (Lipinski definition) is 1. The molecule has 5 heteroatoms. The Balaban J connectivity index is 2.14. The quantitative estimate of drug-likeness (QED) is 0.854. The van der Waals surface area contributed by atoms with Crippen LogP contribution in [0.4, 0.5) is 0 Å². The molecule has 3 rings (SSSR count). The van der Waals surface area contributed by atoms with E-state index >= 15 is 0 Å². The Labute approximate surface area is 147 Å². The zero-order chi connectivity index (χ0) is 18.1. The van der Waals surface area contributed by atoms with Gasteiger partial charge in [0.25, 0.3) is 0 Å². The largest absolute Gasteiger partial charge is 0.465 e. The number of carbonyl (C=O) groups is 2.